The molecule has 0 radical (unpaired) electrons. The van der Waals surface area contributed by atoms with Gasteiger partial charge in [0.15, 0.2) is 0 Å². The molecule has 0 unspecified atom stereocenters. The van der Waals surface area contributed by atoms with Gasteiger partial charge in [0, 0.05) is 12.3 Å². The predicted octanol–water partition coefficient (Wildman–Crippen LogP) is 2.19. The SMILES string of the molecule is O=C(NNc1ncnc(Nc2cccnc2)c1[N+](=O)[O-])c1ccccc1[N+](=O)[O-]. The number of carbonyl (C=O) groups excluding carboxylic acids is 1. The number of hydrogen-bond acceptors (Lipinski definition) is 10. The molecule has 0 spiro atoms. The van der Waals surface area contributed by atoms with Crippen LogP contribution in [0, 0.1) is 20.2 Å². The van der Waals surface area contributed by atoms with Gasteiger partial charge in [0.2, 0.25) is 11.6 Å². The minimum atomic E-state index is -0.869. The van der Waals surface area contributed by atoms with Crippen LogP contribution >= 0.6 is 0 Å². The van der Waals surface area contributed by atoms with E-state index < -0.39 is 27.1 Å². The van der Waals surface area contributed by atoms with Gasteiger partial charge in [0.25, 0.3) is 11.6 Å². The Morgan fingerprint density at radius 3 is 2.41 bits per heavy atom. The lowest BCUT2D eigenvalue weighted by molar-refractivity contribution is -0.385. The molecule has 3 N–H and O–H groups in total. The second-order valence-corrected chi connectivity index (χ2v) is 5.40. The number of nitrogens with one attached hydrogen (secondary N) is 3. The van der Waals surface area contributed by atoms with Crippen molar-refractivity contribution < 1.29 is 14.6 Å². The van der Waals surface area contributed by atoms with Crippen molar-refractivity contribution in [1.29, 1.82) is 0 Å². The van der Waals surface area contributed by atoms with Gasteiger partial charge in [-0.05, 0) is 18.2 Å². The maximum Gasteiger partial charge on any atom is 0.355 e. The Morgan fingerprint density at radius 2 is 1.72 bits per heavy atom. The summed E-state index contributed by atoms with van der Waals surface area (Å²) in [6.07, 6.45) is 4.02. The molecule has 13 heteroatoms. The maximum absolute atomic E-state index is 12.3. The van der Waals surface area contributed by atoms with Crippen LogP contribution in [0.3, 0.4) is 0 Å². The first kappa shape index (κ1) is 19.1. The summed E-state index contributed by atoms with van der Waals surface area (Å²) in [5.74, 6) is -1.32. The third kappa shape index (κ3) is 4.36. The van der Waals surface area contributed by atoms with Crippen LogP contribution < -0.4 is 16.2 Å². The van der Waals surface area contributed by atoms with Gasteiger partial charge in [0.1, 0.15) is 11.9 Å². The van der Waals surface area contributed by atoms with E-state index in [0.29, 0.717) is 5.69 Å². The van der Waals surface area contributed by atoms with Crippen LogP contribution in [0.4, 0.5) is 28.7 Å². The number of amides is 1. The fraction of sp³-hybridized carbons (Fsp3) is 0. The van der Waals surface area contributed by atoms with E-state index in [9.17, 15) is 25.0 Å². The number of hydrogen-bond donors (Lipinski definition) is 3. The van der Waals surface area contributed by atoms with Crippen LogP contribution in [-0.2, 0) is 0 Å². The van der Waals surface area contributed by atoms with Crippen LogP contribution in [0.25, 0.3) is 0 Å². The van der Waals surface area contributed by atoms with Gasteiger partial charge < -0.3 is 5.32 Å². The standard InChI is InChI=1S/C16H12N8O5/c25-16(11-5-1-2-6-12(11)23(26)27)22-21-15-13(24(28)29)14(18-9-19-15)20-10-4-3-7-17-8-10/h1-9H,(H,22,25)(H2,18,19,20,21). The number of pyridine rings is 1. The molecule has 0 saturated carbocycles. The van der Waals surface area contributed by atoms with Gasteiger partial charge in [-0.3, -0.25) is 40.9 Å². The van der Waals surface area contributed by atoms with E-state index in [2.05, 4.69) is 31.1 Å². The van der Waals surface area contributed by atoms with Crippen molar-refractivity contribution in [2.45, 2.75) is 0 Å². The topological polar surface area (TPSA) is 178 Å². The number of anilines is 3. The molecule has 0 aliphatic heterocycles. The highest BCUT2D eigenvalue weighted by molar-refractivity contribution is 5.98. The minimum Gasteiger partial charge on any atom is -0.333 e. The molecule has 0 atom stereocenters. The Bertz CT molecular complexity index is 1080. The van der Waals surface area contributed by atoms with Crippen molar-refractivity contribution >= 4 is 34.6 Å². The second kappa shape index (κ2) is 8.34. The summed E-state index contributed by atoms with van der Waals surface area (Å²) in [6.45, 7) is 0. The first-order valence-electron chi connectivity index (χ1n) is 7.93. The maximum atomic E-state index is 12.3. The Kier molecular flexibility index (Phi) is 5.49. The Hall–Kier alpha value is -4.68. The molecule has 3 aromatic rings. The lowest BCUT2D eigenvalue weighted by Crippen LogP contribution is -2.30. The van der Waals surface area contributed by atoms with Crippen LogP contribution in [0.15, 0.2) is 55.1 Å². The van der Waals surface area contributed by atoms with E-state index >= 15 is 0 Å². The summed E-state index contributed by atoms with van der Waals surface area (Å²) >= 11 is 0. The average molecular weight is 396 g/mol. The number of rotatable bonds is 7. The fourth-order valence-electron chi connectivity index (χ4n) is 2.32. The lowest BCUT2D eigenvalue weighted by atomic mass is 10.2. The van der Waals surface area contributed by atoms with Crippen molar-refractivity contribution in [3.05, 3.63) is 80.9 Å². The number of para-hydroxylation sites is 1. The van der Waals surface area contributed by atoms with Gasteiger partial charge in [-0.25, -0.2) is 9.97 Å². The highest BCUT2D eigenvalue weighted by Gasteiger charge is 2.25. The molecule has 0 fully saturated rings. The molecule has 3 rings (SSSR count). The van der Waals surface area contributed by atoms with Crippen LogP contribution in [0.2, 0.25) is 0 Å². The first-order valence-corrected chi connectivity index (χ1v) is 7.93. The summed E-state index contributed by atoms with van der Waals surface area (Å²) in [5, 5.41) is 25.3. The first-order chi connectivity index (χ1) is 14.0. The van der Waals surface area contributed by atoms with Crippen molar-refractivity contribution in [3.63, 3.8) is 0 Å². The summed E-state index contributed by atoms with van der Waals surface area (Å²) in [7, 11) is 0. The second-order valence-electron chi connectivity index (χ2n) is 5.40. The molecule has 1 aromatic carbocycles. The van der Waals surface area contributed by atoms with E-state index in [4.69, 9.17) is 0 Å². The smallest absolute Gasteiger partial charge is 0.333 e. The van der Waals surface area contributed by atoms with Gasteiger partial charge >= 0.3 is 5.69 Å². The molecular weight excluding hydrogens is 384 g/mol. The summed E-state index contributed by atoms with van der Waals surface area (Å²) in [5.41, 5.74) is 3.75. The number of nitrogens with zero attached hydrogens (tertiary/aromatic N) is 5. The Morgan fingerprint density at radius 1 is 0.966 bits per heavy atom. The molecule has 0 aliphatic carbocycles. The molecule has 0 aliphatic rings. The zero-order valence-corrected chi connectivity index (χ0v) is 14.5. The largest absolute Gasteiger partial charge is 0.355 e. The molecule has 2 heterocycles. The monoisotopic (exact) mass is 396 g/mol. The van der Waals surface area contributed by atoms with Gasteiger partial charge in [-0.2, -0.15) is 0 Å². The van der Waals surface area contributed by atoms with Crippen molar-refractivity contribution in [2.75, 3.05) is 10.7 Å². The molecule has 29 heavy (non-hydrogen) atoms. The molecule has 1 amide bonds. The van der Waals surface area contributed by atoms with Crippen molar-refractivity contribution in [2.24, 2.45) is 0 Å². The number of hydrazine groups is 1. The third-order valence-corrected chi connectivity index (χ3v) is 3.57. The quantitative estimate of drug-likeness (QED) is 0.396. The van der Waals surface area contributed by atoms with Crippen LogP contribution in [0.1, 0.15) is 10.4 Å². The lowest BCUT2D eigenvalue weighted by Gasteiger charge is -2.11. The fourth-order valence-corrected chi connectivity index (χ4v) is 2.32. The molecule has 2 aromatic heterocycles. The summed E-state index contributed by atoms with van der Waals surface area (Å²) in [6, 6.07) is 8.53. The van der Waals surface area contributed by atoms with E-state index in [1.807, 2.05) is 0 Å². The van der Waals surface area contributed by atoms with Gasteiger partial charge in [-0.15, -0.1) is 0 Å². The summed E-state index contributed by atoms with van der Waals surface area (Å²) in [4.78, 5) is 44.9. The minimum absolute atomic E-state index is 0.138. The van der Waals surface area contributed by atoms with Crippen molar-refractivity contribution in [3.8, 4) is 0 Å². The van der Waals surface area contributed by atoms with Gasteiger partial charge in [0.05, 0.1) is 21.7 Å². The Balaban J connectivity index is 1.84. The highest BCUT2D eigenvalue weighted by atomic mass is 16.6. The number of nitro groups is 2. The normalized spacial score (nSPS) is 10.1. The zero-order valence-electron chi connectivity index (χ0n) is 14.5. The van der Waals surface area contributed by atoms with E-state index in [1.54, 1.807) is 12.1 Å². The Labute approximate surface area is 162 Å². The van der Waals surface area contributed by atoms with Gasteiger partial charge in [-0.1, -0.05) is 12.1 Å². The number of benzene rings is 1. The molecule has 0 bridgehead atoms. The summed E-state index contributed by atoms with van der Waals surface area (Å²) < 4.78 is 0. The highest BCUT2D eigenvalue weighted by Crippen LogP contribution is 2.30. The van der Waals surface area contributed by atoms with Crippen LogP contribution in [-0.4, -0.2) is 30.7 Å². The van der Waals surface area contributed by atoms with Crippen molar-refractivity contribution in [1.82, 2.24) is 20.4 Å². The zero-order chi connectivity index (χ0) is 20.8. The molecular formula is C16H12N8O5. The average Bonchev–Trinajstić information content (AvgIpc) is 2.72. The van der Waals surface area contributed by atoms with E-state index in [0.717, 1.165) is 12.4 Å². The van der Waals surface area contributed by atoms with Crippen LogP contribution in [0.5, 0.6) is 0 Å². The molecule has 146 valence electrons. The van der Waals surface area contributed by atoms with E-state index in [1.165, 1.54) is 30.6 Å². The number of nitro benzene ring substituents is 1. The molecule has 13 nitrogen and oxygen atoms in total. The predicted molar refractivity (Wildman–Crippen MR) is 100 cm³/mol. The third-order valence-electron chi connectivity index (χ3n) is 3.57. The van der Waals surface area contributed by atoms with E-state index in [-0.39, 0.29) is 17.2 Å². The number of aromatic nitrogens is 3. The number of carbonyl (C=O) groups is 1. The molecule has 0 saturated heterocycles.